The van der Waals surface area contributed by atoms with Crippen LogP contribution in [-0.4, -0.2) is 75.5 Å². The van der Waals surface area contributed by atoms with Crippen LogP contribution in [0, 0.1) is 0 Å². The Balaban J connectivity index is 1.61. The van der Waals surface area contributed by atoms with Gasteiger partial charge in [-0.2, -0.15) is 5.10 Å². The molecule has 12 heteroatoms. The lowest BCUT2D eigenvalue weighted by atomic mass is 10.1. The van der Waals surface area contributed by atoms with Crippen molar-refractivity contribution in [2.24, 2.45) is 0 Å². The zero-order valence-electron chi connectivity index (χ0n) is 19.5. The highest BCUT2D eigenvalue weighted by molar-refractivity contribution is 9.10. The summed E-state index contributed by atoms with van der Waals surface area (Å²) >= 11 is 3.51. The van der Waals surface area contributed by atoms with E-state index in [1.54, 1.807) is 23.7 Å². The summed E-state index contributed by atoms with van der Waals surface area (Å²) in [5, 5.41) is 4.91. The second-order valence-electron chi connectivity index (χ2n) is 9.77. The van der Waals surface area contributed by atoms with Crippen LogP contribution in [0.3, 0.4) is 0 Å². The number of amides is 1. The van der Waals surface area contributed by atoms with Crippen LogP contribution in [-0.2, 0) is 14.6 Å². The molecule has 5 heterocycles. The first-order chi connectivity index (χ1) is 16.0. The van der Waals surface area contributed by atoms with Crippen molar-refractivity contribution in [1.82, 2.24) is 24.5 Å². The highest BCUT2D eigenvalue weighted by atomic mass is 79.9. The Kier molecular flexibility index (Phi) is 5.51. The molecule has 0 N–H and O–H groups in total. The molecule has 182 valence electrons. The first kappa shape index (κ1) is 23.3. The van der Waals surface area contributed by atoms with E-state index in [4.69, 9.17) is 4.74 Å². The van der Waals surface area contributed by atoms with Crippen LogP contribution in [0.15, 0.2) is 28.1 Å². The molecule has 0 spiro atoms. The smallest absolute Gasteiger partial charge is 0.410 e. The Morgan fingerprint density at radius 3 is 2.50 bits per heavy atom. The van der Waals surface area contributed by atoms with Crippen molar-refractivity contribution in [3.05, 3.63) is 22.9 Å². The molecule has 2 aliphatic rings. The normalized spacial score (nSPS) is 21.0. The van der Waals surface area contributed by atoms with Crippen LogP contribution in [0.5, 0.6) is 0 Å². The molecule has 0 aliphatic carbocycles. The summed E-state index contributed by atoms with van der Waals surface area (Å²) < 4.78 is 33.6. The zero-order valence-corrected chi connectivity index (χ0v) is 21.9. The monoisotopic (exact) mass is 550 g/mol. The maximum absolute atomic E-state index is 12.9. The lowest BCUT2D eigenvalue weighted by Gasteiger charge is -2.42. The van der Waals surface area contributed by atoms with Gasteiger partial charge in [0.1, 0.15) is 16.0 Å². The maximum atomic E-state index is 12.9. The average Bonchev–Trinajstić information content (AvgIpc) is 3.35. The van der Waals surface area contributed by atoms with Crippen LogP contribution >= 0.6 is 15.9 Å². The number of ether oxygens (including phenoxy) is 1. The third-order valence-corrected chi connectivity index (χ3v) is 8.36. The number of nitrogens with zero attached hydrogens (tertiary/aromatic N) is 6. The van der Waals surface area contributed by atoms with Crippen molar-refractivity contribution in [2.75, 3.05) is 23.7 Å². The molecule has 0 saturated carbocycles. The van der Waals surface area contributed by atoms with Gasteiger partial charge in [0.15, 0.2) is 0 Å². The Hall–Kier alpha value is -2.47. The van der Waals surface area contributed by atoms with Gasteiger partial charge in [-0.1, -0.05) is 6.92 Å². The lowest BCUT2D eigenvalue weighted by molar-refractivity contribution is 0.0123. The summed E-state index contributed by atoms with van der Waals surface area (Å²) in [6, 6.07) is 3.54. The van der Waals surface area contributed by atoms with E-state index in [9.17, 15) is 13.2 Å². The number of carbonyl (C=O) groups is 1. The van der Waals surface area contributed by atoms with Crippen LogP contribution in [0.25, 0.3) is 16.4 Å². The van der Waals surface area contributed by atoms with E-state index in [0.29, 0.717) is 29.0 Å². The summed E-state index contributed by atoms with van der Waals surface area (Å²) in [4.78, 5) is 25.8. The van der Waals surface area contributed by atoms with Gasteiger partial charge in [-0.05, 0) is 61.7 Å². The van der Waals surface area contributed by atoms with E-state index >= 15 is 0 Å². The van der Waals surface area contributed by atoms with Gasteiger partial charge in [0.05, 0.1) is 40.5 Å². The highest BCUT2D eigenvalue weighted by Gasteiger charge is 2.45. The highest BCUT2D eigenvalue weighted by Crippen LogP contribution is 2.37. The lowest BCUT2D eigenvalue weighted by Crippen LogP contribution is -2.57. The number of piperazine rings is 1. The third kappa shape index (κ3) is 3.90. The first-order valence-electron chi connectivity index (χ1n) is 11.3. The standard InChI is InChI=1S/C22H27BrN6O4S/c1-5-34(31,32)20-25-15-10-17(23)29-16(8-9-24-29)18(15)19(26-20)27-11-13-6-7-14(12-27)28(13)21(30)33-22(2,3)4/h8-10,13-14H,5-7,11-12H2,1-4H3. The number of carbonyl (C=O) groups excluding carboxylic acids is 1. The molecule has 2 unspecified atom stereocenters. The molecule has 2 atom stereocenters. The fourth-order valence-electron chi connectivity index (χ4n) is 4.82. The summed E-state index contributed by atoms with van der Waals surface area (Å²) in [7, 11) is -3.63. The molecule has 0 aromatic carbocycles. The molecule has 5 rings (SSSR count). The van der Waals surface area contributed by atoms with Gasteiger partial charge in [0.25, 0.3) is 0 Å². The van der Waals surface area contributed by atoms with Gasteiger partial charge >= 0.3 is 6.09 Å². The fraction of sp³-hybridized carbons (Fsp3) is 0.545. The Morgan fingerprint density at radius 1 is 1.21 bits per heavy atom. The number of fused-ring (bicyclic) bond motifs is 5. The molecule has 3 aromatic heterocycles. The van der Waals surface area contributed by atoms with Crippen LogP contribution in [0.1, 0.15) is 40.5 Å². The Labute approximate surface area is 206 Å². The van der Waals surface area contributed by atoms with Gasteiger partial charge in [-0.3, -0.25) is 4.90 Å². The van der Waals surface area contributed by atoms with E-state index in [0.717, 1.165) is 23.7 Å². The number of aromatic nitrogens is 4. The molecule has 2 saturated heterocycles. The van der Waals surface area contributed by atoms with Crippen LogP contribution < -0.4 is 4.90 Å². The second-order valence-corrected chi connectivity index (χ2v) is 12.8. The maximum Gasteiger partial charge on any atom is 0.410 e. The predicted molar refractivity (Wildman–Crippen MR) is 131 cm³/mol. The van der Waals surface area contributed by atoms with Crippen molar-refractivity contribution in [3.8, 4) is 0 Å². The predicted octanol–water partition coefficient (Wildman–Crippen LogP) is 3.42. The van der Waals surface area contributed by atoms with Gasteiger partial charge in [-0.15, -0.1) is 0 Å². The van der Waals surface area contributed by atoms with E-state index in [1.807, 2.05) is 31.7 Å². The summed E-state index contributed by atoms with van der Waals surface area (Å²) in [6.07, 6.45) is 3.10. The fourth-order valence-corrected chi connectivity index (χ4v) is 6.04. The van der Waals surface area contributed by atoms with Crippen molar-refractivity contribution in [2.45, 2.75) is 63.4 Å². The number of anilines is 1. The SMILES string of the molecule is CCS(=O)(=O)c1nc(N2CC3CCC(C2)N3C(=O)OC(C)(C)C)c2c(cc(Br)n3nccc23)n1. The third-order valence-electron chi connectivity index (χ3n) is 6.30. The van der Waals surface area contributed by atoms with Crippen LogP contribution in [0.4, 0.5) is 10.6 Å². The van der Waals surface area contributed by atoms with E-state index in [-0.39, 0.29) is 29.1 Å². The van der Waals surface area contributed by atoms with E-state index in [2.05, 4.69) is 35.9 Å². The molecule has 34 heavy (non-hydrogen) atoms. The number of pyridine rings is 1. The minimum atomic E-state index is -3.63. The van der Waals surface area contributed by atoms with Gasteiger partial charge in [-0.25, -0.2) is 27.7 Å². The van der Waals surface area contributed by atoms with E-state index in [1.165, 1.54) is 0 Å². The number of hydrogen-bond donors (Lipinski definition) is 0. The Morgan fingerprint density at radius 2 is 1.88 bits per heavy atom. The van der Waals surface area contributed by atoms with E-state index < -0.39 is 15.4 Å². The van der Waals surface area contributed by atoms with Gasteiger partial charge in [0, 0.05) is 13.1 Å². The summed E-state index contributed by atoms with van der Waals surface area (Å²) in [5.41, 5.74) is 0.738. The molecule has 10 nitrogen and oxygen atoms in total. The average molecular weight is 551 g/mol. The molecule has 2 fully saturated rings. The van der Waals surface area contributed by atoms with Crippen molar-refractivity contribution in [1.29, 1.82) is 0 Å². The minimum absolute atomic E-state index is 0.0405. The summed E-state index contributed by atoms with van der Waals surface area (Å²) in [6.45, 7) is 8.23. The number of halogens is 1. The van der Waals surface area contributed by atoms with Crippen molar-refractivity contribution in [3.63, 3.8) is 0 Å². The first-order valence-corrected chi connectivity index (χ1v) is 13.8. The largest absolute Gasteiger partial charge is 0.444 e. The number of sulfone groups is 1. The second kappa shape index (κ2) is 8.04. The topological polar surface area (TPSA) is 110 Å². The molecule has 3 aromatic rings. The number of rotatable bonds is 3. The molecular weight excluding hydrogens is 524 g/mol. The molecule has 0 radical (unpaired) electrons. The van der Waals surface area contributed by atoms with Crippen molar-refractivity contribution < 1.29 is 17.9 Å². The quantitative estimate of drug-likeness (QED) is 0.360. The zero-order chi connectivity index (χ0) is 24.4. The van der Waals surface area contributed by atoms with Crippen LogP contribution in [0.2, 0.25) is 0 Å². The van der Waals surface area contributed by atoms with Crippen molar-refractivity contribution >= 4 is 54.1 Å². The molecule has 2 bridgehead atoms. The minimum Gasteiger partial charge on any atom is -0.444 e. The molecule has 2 aliphatic heterocycles. The molecular formula is C22H27BrN6O4S. The summed E-state index contributed by atoms with van der Waals surface area (Å²) in [5.74, 6) is 0.460. The molecule has 1 amide bonds. The van der Waals surface area contributed by atoms with Gasteiger partial charge in [0.2, 0.25) is 15.0 Å². The van der Waals surface area contributed by atoms with Gasteiger partial charge < -0.3 is 9.64 Å². The number of hydrogen-bond acceptors (Lipinski definition) is 8. The Bertz CT molecular complexity index is 1390.